The SMILES string of the molecule is Cc1cc(-c2onc(N)c2-c2ccccc2F)ccc1Cl. The van der Waals surface area contributed by atoms with Crippen molar-refractivity contribution < 1.29 is 8.91 Å². The van der Waals surface area contributed by atoms with E-state index >= 15 is 0 Å². The van der Waals surface area contributed by atoms with Crippen molar-refractivity contribution in [3.05, 3.63) is 58.9 Å². The van der Waals surface area contributed by atoms with Crippen molar-refractivity contribution >= 4 is 17.4 Å². The van der Waals surface area contributed by atoms with E-state index in [1.807, 2.05) is 13.0 Å². The maximum Gasteiger partial charge on any atom is 0.177 e. The molecule has 0 spiro atoms. The Morgan fingerprint density at radius 3 is 2.67 bits per heavy atom. The molecule has 0 saturated carbocycles. The molecule has 3 aromatic rings. The predicted molar refractivity (Wildman–Crippen MR) is 81.5 cm³/mol. The Kier molecular flexibility index (Phi) is 3.39. The van der Waals surface area contributed by atoms with Gasteiger partial charge in [-0.3, -0.25) is 0 Å². The van der Waals surface area contributed by atoms with Crippen LogP contribution in [0.1, 0.15) is 5.56 Å². The van der Waals surface area contributed by atoms with Gasteiger partial charge in [0.15, 0.2) is 11.6 Å². The smallest absolute Gasteiger partial charge is 0.177 e. The summed E-state index contributed by atoms with van der Waals surface area (Å²) >= 11 is 6.02. The summed E-state index contributed by atoms with van der Waals surface area (Å²) in [5.74, 6) is 0.208. The first-order valence-corrected chi connectivity index (χ1v) is 6.72. The summed E-state index contributed by atoms with van der Waals surface area (Å²) in [6, 6.07) is 11.8. The van der Waals surface area contributed by atoms with Gasteiger partial charge in [0.2, 0.25) is 0 Å². The van der Waals surface area contributed by atoms with Crippen LogP contribution < -0.4 is 5.73 Å². The minimum Gasteiger partial charge on any atom is -0.380 e. The maximum atomic E-state index is 14.0. The zero-order valence-corrected chi connectivity index (χ0v) is 12.0. The Morgan fingerprint density at radius 1 is 1.19 bits per heavy atom. The Bertz CT molecular complexity index is 814. The number of hydrogen-bond acceptors (Lipinski definition) is 3. The molecule has 3 rings (SSSR count). The molecule has 0 radical (unpaired) electrons. The second-order valence-corrected chi connectivity index (χ2v) is 5.12. The van der Waals surface area contributed by atoms with Gasteiger partial charge in [-0.2, -0.15) is 0 Å². The summed E-state index contributed by atoms with van der Waals surface area (Å²) in [7, 11) is 0. The molecule has 106 valence electrons. The minimum atomic E-state index is -0.376. The third kappa shape index (κ3) is 2.38. The lowest BCUT2D eigenvalue weighted by Crippen LogP contribution is -1.91. The zero-order chi connectivity index (χ0) is 15.0. The fourth-order valence-corrected chi connectivity index (χ4v) is 2.33. The summed E-state index contributed by atoms with van der Waals surface area (Å²) in [4.78, 5) is 0. The Hall–Kier alpha value is -2.33. The van der Waals surface area contributed by atoms with Gasteiger partial charge in [0, 0.05) is 16.1 Å². The third-order valence-electron chi connectivity index (χ3n) is 3.28. The van der Waals surface area contributed by atoms with Crippen molar-refractivity contribution in [2.24, 2.45) is 0 Å². The number of nitrogens with zero attached hydrogens (tertiary/aromatic N) is 1. The average Bonchev–Trinajstić information content (AvgIpc) is 2.84. The lowest BCUT2D eigenvalue weighted by atomic mass is 10.00. The highest BCUT2D eigenvalue weighted by Crippen LogP contribution is 2.38. The van der Waals surface area contributed by atoms with Gasteiger partial charge in [-0.25, -0.2) is 4.39 Å². The fourth-order valence-electron chi connectivity index (χ4n) is 2.21. The van der Waals surface area contributed by atoms with E-state index in [2.05, 4.69) is 5.16 Å². The molecule has 0 fully saturated rings. The lowest BCUT2D eigenvalue weighted by Gasteiger charge is -2.05. The quantitative estimate of drug-likeness (QED) is 0.747. The van der Waals surface area contributed by atoms with Crippen LogP contribution >= 0.6 is 11.6 Å². The molecular formula is C16H12ClFN2O. The van der Waals surface area contributed by atoms with Crippen LogP contribution in [0.25, 0.3) is 22.5 Å². The van der Waals surface area contributed by atoms with Crippen LogP contribution in [-0.2, 0) is 0 Å². The molecule has 0 aliphatic carbocycles. The predicted octanol–water partition coefficient (Wildman–Crippen LogP) is 4.69. The number of halogens is 2. The van der Waals surface area contributed by atoms with E-state index < -0.39 is 0 Å². The van der Waals surface area contributed by atoms with Crippen LogP contribution in [0.15, 0.2) is 47.0 Å². The van der Waals surface area contributed by atoms with Crippen molar-refractivity contribution in [3.63, 3.8) is 0 Å². The summed E-state index contributed by atoms with van der Waals surface area (Å²) in [6.07, 6.45) is 0. The second kappa shape index (κ2) is 5.22. The molecule has 5 heteroatoms. The number of benzene rings is 2. The van der Waals surface area contributed by atoms with E-state index in [4.69, 9.17) is 21.9 Å². The zero-order valence-electron chi connectivity index (χ0n) is 11.2. The van der Waals surface area contributed by atoms with Crippen molar-refractivity contribution in [1.82, 2.24) is 5.16 Å². The first kappa shape index (κ1) is 13.6. The Labute approximate surface area is 126 Å². The van der Waals surface area contributed by atoms with Crippen LogP contribution in [0.3, 0.4) is 0 Å². The average molecular weight is 303 g/mol. The molecule has 0 bridgehead atoms. The molecule has 2 aromatic carbocycles. The summed E-state index contributed by atoms with van der Waals surface area (Å²) in [5.41, 5.74) is 8.31. The first-order valence-electron chi connectivity index (χ1n) is 6.34. The monoisotopic (exact) mass is 302 g/mol. The van der Waals surface area contributed by atoms with Gasteiger partial charge in [-0.05, 0) is 36.8 Å². The van der Waals surface area contributed by atoms with Crippen LogP contribution in [0, 0.1) is 12.7 Å². The molecule has 0 aliphatic rings. The second-order valence-electron chi connectivity index (χ2n) is 4.72. The summed E-state index contributed by atoms with van der Waals surface area (Å²) in [5, 5.41) is 4.42. The first-order chi connectivity index (χ1) is 10.1. The number of aryl methyl sites for hydroxylation is 1. The molecule has 0 unspecified atom stereocenters. The van der Waals surface area contributed by atoms with Crippen molar-refractivity contribution in [2.45, 2.75) is 6.92 Å². The molecular weight excluding hydrogens is 291 g/mol. The van der Waals surface area contributed by atoms with Crippen LogP contribution in [0.5, 0.6) is 0 Å². The maximum absolute atomic E-state index is 14.0. The number of nitrogens with two attached hydrogens (primary N) is 1. The molecule has 21 heavy (non-hydrogen) atoms. The van der Waals surface area contributed by atoms with Gasteiger partial charge in [-0.15, -0.1) is 0 Å². The van der Waals surface area contributed by atoms with Gasteiger partial charge in [0.05, 0.1) is 5.56 Å². The minimum absolute atomic E-state index is 0.155. The van der Waals surface area contributed by atoms with E-state index in [0.29, 0.717) is 21.9 Å². The normalized spacial score (nSPS) is 10.8. The highest BCUT2D eigenvalue weighted by molar-refractivity contribution is 6.31. The fraction of sp³-hybridized carbons (Fsp3) is 0.0625. The summed E-state index contributed by atoms with van der Waals surface area (Å²) < 4.78 is 19.3. The molecule has 1 heterocycles. The topological polar surface area (TPSA) is 52.0 Å². The number of rotatable bonds is 2. The number of hydrogen-bond donors (Lipinski definition) is 1. The Balaban J connectivity index is 2.22. The molecule has 0 atom stereocenters. The van der Waals surface area contributed by atoms with Crippen molar-refractivity contribution in [1.29, 1.82) is 0 Å². The summed E-state index contributed by atoms with van der Waals surface area (Å²) in [6.45, 7) is 1.88. The third-order valence-corrected chi connectivity index (χ3v) is 3.71. The molecule has 0 saturated heterocycles. The molecule has 0 aliphatic heterocycles. The Morgan fingerprint density at radius 2 is 1.95 bits per heavy atom. The van der Waals surface area contributed by atoms with Gasteiger partial charge in [0.25, 0.3) is 0 Å². The van der Waals surface area contributed by atoms with Crippen molar-refractivity contribution in [3.8, 4) is 22.5 Å². The van der Waals surface area contributed by atoms with Crippen LogP contribution in [0.4, 0.5) is 10.2 Å². The molecule has 2 N–H and O–H groups in total. The molecule has 0 amide bonds. The lowest BCUT2D eigenvalue weighted by molar-refractivity contribution is 0.436. The van der Waals surface area contributed by atoms with Crippen LogP contribution in [0.2, 0.25) is 5.02 Å². The van der Waals surface area contributed by atoms with Gasteiger partial charge < -0.3 is 10.3 Å². The van der Waals surface area contributed by atoms with E-state index in [9.17, 15) is 4.39 Å². The van der Waals surface area contributed by atoms with E-state index in [-0.39, 0.29) is 11.6 Å². The largest absolute Gasteiger partial charge is 0.380 e. The van der Waals surface area contributed by atoms with E-state index in [0.717, 1.165) is 11.1 Å². The number of nitrogen functional groups attached to an aromatic ring is 1. The molecule has 1 aromatic heterocycles. The van der Waals surface area contributed by atoms with Gasteiger partial charge in [0.1, 0.15) is 5.82 Å². The highest BCUT2D eigenvalue weighted by atomic mass is 35.5. The van der Waals surface area contributed by atoms with Crippen LogP contribution in [-0.4, -0.2) is 5.16 Å². The van der Waals surface area contributed by atoms with E-state index in [1.54, 1.807) is 30.3 Å². The molecule has 3 nitrogen and oxygen atoms in total. The standard InChI is InChI=1S/C16H12ClFN2O/c1-9-8-10(6-7-12(9)17)15-14(16(19)20-21-15)11-4-2-3-5-13(11)18/h2-8H,1H3,(H2,19,20). The highest BCUT2D eigenvalue weighted by Gasteiger charge is 2.20. The van der Waals surface area contributed by atoms with E-state index in [1.165, 1.54) is 6.07 Å². The van der Waals surface area contributed by atoms with Gasteiger partial charge in [-0.1, -0.05) is 35.0 Å². The van der Waals surface area contributed by atoms with Gasteiger partial charge >= 0.3 is 0 Å². The number of anilines is 1. The van der Waals surface area contributed by atoms with Crippen molar-refractivity contribution in [2.75, 3.05) is 5.73 Å². The number of aromatic nitrogens is 1.